The Kier molecular flexibility index (Phi) is 4.09. The Balaban J connectivity index is 2.57. The van der Waals surface area contributed by atoms with Crippen LogP contribution in [0.4, 0.5) is 17.6 Å². The smallest absolute Gasteiger partial charge is 0.349 e. The summed E-state index contributed by atoms with van der Waals surface area (Å²) in [5, 5.41) is 2.19. The van der Waals surface area contributed by atoms with Gasteiger partial charge in [-0.3, -0.25) is 4.79 Å². The molecule has 0 heterocycles. The molecule has 1 rings (SSSR count). The molecule has 0 aliphatic carbocycles. The molecular formula is C11H11F4NO. The van der Waals surface area contributed by atoms with Gasteiger partial charge in [0.05, 0.1) is 6.04 Å². The average Bonchev–Trinajstić information content (AvgIpc) is 2.15. The van der Waals surface area contributed by atoms with Gasteiger partial charge in [-0.15, -0.1) is 0 Å². The van der Waals surface area contributed by atoms with Crippen molar-refractivity contribution in [1.82, 2.24) is 5.32 Å². The molecule has 1 unspecified atom stereocenters. The van der Waals surface area contributed by atoms with Gasteiger partial charge in [0.2, 0.25) is 5.91 Å². The van der Waals surface area contributed by atoms with E-state index in [0.717, 1.165) is 0 Å². The summed E-state index contributed by atoms with van der Waals surface area (Å²) in [6.07, 6.45) is -6.04. The van der Waals surface area contributed by atoms with Crippen molar-refractivity contribution in [3.8, 4) is 0 Å². The summed E-state index contributed by atoms with van der Waals surface area (Å²) in [5.74, 6) is -1.54. The normalized spacial score (nSPS) is 13.2. The highest BCUT2D eigenvalue weighted by molar-refractivity contribution is 5.77. The van der Waals surface area contributed by atoms with Crippen molar-refractivity contribution in [3.63, 3.8) is 0 Å². The molecule has 0 saturated heterocycles. The fourth-order valence-corrected chi connectivity index (χ4v) is 1.31. The summed E-state index contributed by atoms with van der Waals surface area (Å²) in [6, 6.07) is 4.59. The Hall–Kier alpha value is -1.59. The number of nitrogens with one attached hydrogen (secondary N) is 1. The third-order valence-corrected chi connectivity index (χ3v) is 2.11. The van der Waals surface area contributed by atoms with Crippen LogP contribution in [0.2, 0.25) is 0 Å². The zero-order valence-electron chi connectivity index (χ0n) is 9.01. The molecule has 0 saturated carbocycles. The van der Waals surface area contributed by atoms with E-state index in [9.17, 15) is 22.4 Å². The summed E-state index contributed by atoms with van der Waals surface area (Å²) in [4.78, 5) is 11.0. The molecule has 1 aromatic rings. The molecule has 0 fully saturated rings. The van der Waals surface area contributed by atoms with Crippen LogP contribution in [0.3, 0.4) is 0 Å². The van der Waals surface area contributed by atoms with E-state index in [1.165, 1.54) is 31.2 Å². The summed E-state index contributed by atoms with van der Waals surface area (Å²) in [7, 11) is 0. The van der Waals surface area contributed by atoms with Crippen LogP contribution in [-0.4, -0.2) is 12.1 Å². The number of carbonyl (C=O) groups is 1. The van der Waals surface area contributed by atoms with Crippen LogP contribution in [-0.2, 0) is 4.79 Å². The molecule has 0 bridgehead atoms. The molecule has 2 nitrogen and oxygen atoms in total. The first-order valence-corrected chi connectivity index (χ1v) is 4.89. The highest BCUT2D eigenvalue weighted by atomic mass is 19.4. The van der Waals surface area contributed by atoms with Gasteiger partial charge >= 0.3 is 6.18 Å². The Bertz CT molecular complexity index is 385. The standard InChI is InChI=1S/C11H11F4NO/c1-7(8-2-4-9(12)5-3-8)16-10(17)6-11(13,14)15/h2-5,7H,6H2,1H3,(H,16,17). The third kappa shape index (κ3) is 4.84. The van der Waals surface area contributed by atoms with Crippen LogP contribution in [0, 0.1) is 5.82 Å². The van der Waals surface area contributed by atoms with Crippen molar-refractivity contribution in [2.75, 3.05) is 0 Å². The number of amides is 1. The van der Waals surface area contributed by atoms with Crippen LogP contribution in [0.25, 0.3) is 0 Å². The van der Waals surface area contributed by atoms with Crippen molar-refractivity contribution in [1.29, 1.82) is 0 Å². The summed E-state index contributed by atoms with van der Waals surface area (Å²) < 4.78 is 48.3. The van der Waals surface area contributed by atoms with Crippen molar-refractivity contribution in [3.05, 3.63) is 35.6 Å². The predicted molar refractivity (Wildman–Crippen MR) is 53.6 cm³/mol. The number of halogens is 4. The zero-order valence-corrected chi connectivity index (χ0v) is 9.01. The maximum Gasteiger partial charge on any atom is 0.397 e. The van der Waals surface area contributed by atoms with Gasteiger partial charge in [0.15, 0.2) is 0 Å². The maximum atomic E-state index is 12.6. The monoisotopic (exact) mass is 249 g/mol. The molecule has 6 heteroatoms. The minimum atomic E-state index is -4.52. The lowest BCUT2D eigenvalue weighted by Gasteiger charge is -2.15. The van der Waals surface area contributed by atoms with Crippen LogP contribution >= 0.6 is 0 Å². The molecule has 1 aromatic carbocycles. The van der Waals surface area contributed by atoms with Crippen LogP contribution in [0.15, 0.2) is 24.3 Å². The van der Waals surface area contributed by atoms with E-state index in [-0.39, 0.29) is 0 Å². The number of benzene rings is 1. The number of hydrogen-bond donors (Lipinski definition) is 1. The highest BCUT2D eigenvalue weighted by Gasteiger charge is 2.31. The predicted octanol–water partition coefficient (Wildman–Crippen LogP) is 2.96. The molecule has 1 amide bonds. The molecule has 94 valence electrons. The summed E-state index contributed by atoms with van der Waals surface area (Å²) in [5.41, 5.74) is 0.543. The van der Waals surface area contributed by atoms with Gasteiger partial charge in [-0.2, -0.15) is 13.2 Å². The first kappa shape index (κ1) is 13.5. The molecule has 0 aliphatic heterocycles. The van der Waals surface area contributed by atoms with Gasteiger partial charge in [0, 0.05) is 0 Å². The Labute approximate surface area is 95.6 Å². The van der Waals surface area contributed by atoms with Crippen LogP contribution in [0.1, 0.15) is 24.9 Å². The van der Waals surface area contributed by atoms with E-state index in [2.05, 4.69) is 5.32 Å². The van der Waals surface area contributed by atoms with E-state index in [1.54, 1.807) is 0 Å². The van der Waals surface area contributed by atoms with Gasteiger partial charge < -0.3 is 5.32 Å². The average molecular weight is 249 g/mol. The number of alkyl halides is 3. The molecule has 1 N–H and O–H groups in total. The largest absolute Gasteiger partial charge is 0.397 e. The Morgan fingerprint density at radius 1 is 1.29 bits per heavy atom. The van der Waals surface area contributed by atoms with E-state index < -0.39 is 30.4 Å². The van der Waals surface area contributed by atoms with Gasteiger partial charge in [-0.25, -0.2) is 4.39 Å². The quantitative estimate of drug-likeness (QED) is 0.820. The Morgan fingerprint density at radius 3 is 2.29 bits per heavy atom. The minimum absolute atomic E-state index is 0.442. The molecule has 0 aromatic heterocycles. The van der Waals surface area contributed by atoms with Gasteiger partial charge in [-0.05, 0) is 24.6 Å². The zero-order chi connectivity index (χ0) is 13.1. The fourth-order valence-electron chi connectivity index (χ4n) is 1.31. The van der Waals surface area contributed by atoms with Crippen LogP contribution in [0.5, 0.6) is 0 Å². The lowest BCUT2D eigenvalue weighted by molar-refractivity contribution is -0.154. The number of hydrogen-bond acceptors (Lipinski definition) is 1. The SMILES string of the molecule is CC(NC(=O)CC(F)(F)F)c1ccc(F)cc1. The third-order valence-electron chi connectivity index (χ3n) is 2.11. The topological polar surface area (TPSA) is 29.1 Å². The minimum Gasteiger partial charge on any atom is -0.349 e. The lowest BCUT2D eigenvalue weighted by atomic mass is 10.1. The van der Waals surface area contributed by atoms with E-state index in [1.807, 2.05) is 0 Å². The molecule has 1 atom stereocenters. The van der Waals surface area contributed by atoms with Gasteiger partial charge in [-0.1, -0.05) is 12.1 Å². The lowest BCUT2D eigenvalue weighted by Crippen LogP contribution is -2.30. The van der Waals surface area contributed by atoms with Crippen molar-refractivity contribution < 1.29 is 22.4 Å². The molecule has 0 radical (unpaired) electrons. The second-order valence-electron chi connectivity index (χ2n) is 3.63. The first-order chi connectivity index (χ1) is 7.78. The van der Waals surface area contributed by atoms with Crippen molar-refractivity contribution in [2.45, 2.75) is 25.6 Å². The number of rotatable bonds is 3. The second-order valence-corrected chi connectivity index (χ2v) is 3.63. The van der Waals surface area contributed by atoms with E-state index in [0.29, 0.717) is 5.56 Å². The van der Waals surface area contributed by atoms with Gasteiger partial charge in [0.1, 0.15) is 12.2 Å². The number of carbonyl (C=O) groups excluding carboxylic acids is 1. The van der Waals surface area contributed by atoms with E-state index in [4.69, 9.17) is 0 Å². The van der Waals surface area contributed by atoms with Gasteiger partial charge in [0.25, 0.3) is 0 Å². The van der Waals surface area contributed by atoms with Crippen LogP contribution < -0.4 is 5.32 Å². The van der Waals surface area contributed by atoms with E-state index >= 15 is 0 Å². The van der Waals surface area contributed by atoms with Crippen molar-refractivity contribution >= 4 is 5.91 Å². The summed E-state index contributed by atoms with van der Waals surface area (Å²) in [6.45, 7) is 1.53. The highest BCUT2D eigenvalue weighted by Crippen LogP contribution is 2.20. The maximum absolute atomic E-state index is 12.6. The molecular weight excluding hydrogens is 238 g/mol. The van der Waals surface area contributed by atoms with Crippen molar-refractivity contribution in [2.24, 2.45) is 0 Å². The molecule has 0 aliphatic rings. The summed E-state index contributed by atoms with van der Waals surface area (Å²) >= 11 is 0. The first-order valence-electron chi connectivity index (χ1n) is 4.89. The fraction of sp³-hybridized carbons (Fsp3) is 0.364. The molecule has 17 heavy (non-hydrogen) atoms. The Morgan fingerprint density at radius 2 is 1.82 bits per heavy atom. The molecule has 0 spiro atoms. The second kappa shape index (κ2) is 5.16.